The van der Waals surface area contributed by atoms with Crippen molar-refractivity contribution in [2.24, 2.45) is 5.14 Å². The molecule has 0 spiro atoms. The number of nitro benzene ring substituents is 1. The fourth-order valence-corrected chi connectivity index (χ4v) is 4.19. The zero-order valence-electron chi connectivity index (χ0n) is 13.9. The normalized spacial score (nSPS) is 11.3. The highest BCUT2D eigenvalue weighted by Crippen LogP contribution is 2.43. The fraction of sp³-hybridized carbons (Fsp3) is 0.250. The van der Waals surface area contributed by atoms with Crippen LogP contribution >= 0.6 is 11.8 Å². The van der Waals surface area contributed by atoms with Gasteiger partial charge in [0.05, 0.1) is 9.82 Å². The molecule has 2 aromatic rings. The molecule has 0 saturated heterocycles. The molecule has 0 aromatic heterocycles. The van der Waals surface area contributed by atoms with Crippen molar-refractivity contribution in [3.8, 4) is 0 Å². The van der Waals surface area contributed by atoms with Gasteiger partial charge in [0.2, 0.25) is 10.0 Å². The average molecular weight is 381 g/mol. The Kier molecular flexibility index (Phi) is 6.04. The largest absolute Gasteiger partial charge is 0.368 e. The SMILES string of the molecule is CCCN(C)c1c(S(N)(=O)=O)ccc(Sc2ccccc2)c1[N+](=O)[O-]. The second-order valence-electron chi connectivity index (χ2n) is 5.40. The molecular formula is C16H19N3O4S2. The van der Waals surface area contributed by atoms with Gasteiger partial charge in [-0.15, -0.1) is 0 Å². The minimum atomic E-state index is -4.10. The topological polar surface area (TPSA) is 107 Å². The van der Waals surface area contributed by atoms with E-state index in [1.54, 1.807) is 11.9 Å². The highest BCUT2D eigenvalue weighted by Gasteiger charge is 2.30. The number of sulfonamides is 1. The maximum Gasteiger partial charge on any atom is 0.307 e. The second-order valence-corrected chi connectivity index (χ2v) is 8.04. The van der Waals surface area contributed by atoms with Gasteiger partial charge in [-0.1, -0.05) is 36.9 Å². The second kappa shape index (κ2) is 7.85. The van der Waals surface area contributed by atoms with E-state index in [9.17, 15) is 18.5 Å². The fourth-order valence-electron chi connectivity index (χ4n) is 2.46. The summed E-state index contributed by atoms with van der Waals surface area (Å²) < 4.78 is 23.9. The lowest BCUT2D eigenvalue weighted by atomic mass is 10.2. The maximum atomic E-state index is 11.9. The Labute approximate surface area is 151 Å². The van der Waals surface area contributed by atoms with Crippen molar-refractivity contribution in [1.29, 1.82) is 0 Å². The number of nitrogens with two attached hydrogens (primary N) is 1. The van der Waals surface area contributed by atoms with Crippen molar-refractivity contribution in [3.63, 3.8) is 0 Å². The minimum Gasteiger partial charge on any atom is -0.368 e. The molecule has 0 unspecified atom stereocenters. The average Bonchev–Trinajstić information content (AvgIpc) is 2.54. The lowest BCUT2D eigenvalue weighted by molar-refractivity contribution is -0.387. The Morgan fingerprint density at radius 3 is 2.36 bits per heavy atom. The smallest absolute Gasteiger partial charge is 0.307 e. The standard InChI is InChI=1S/C16H19N3O4S2/c1-3-11-18(2)16-14(25(17,22)23)10-9-13(15(16)19(20)21)24-12-7-5-4-6-8-12/h4-10H,3,11H2,1-2H3,(H2,17,22,23). The summed E-state index contributed by atoms with van der Waals surface area (Å²) in [5, 5.41) is 17.0. The maximum absolute atomic E-state index is 11.9. The van der Waals surface area contributed by atoms with Gasteiger partial charge in [-0.25, -0.2) is 13.6 Å². The van der Waals surface area contributed by atoms with Gasteiger partial charge in [0.15, 0.2) is 0 Å². The van der Waals surface area contributed by atoms with Crippen LogP contribution in [0.4, 0.5) is 11.4 Å². The molecule has 9 heteroatoms. The molecule has 2 N–H and O–H groups in total. The molecule has 134 valence electrons. The van der Waals surface area contributed by atoms with Crippen molar-refractivity contribution in [2.75, 3.05) is 18.5 Å². The summed E-state index contributed by atoms with van der Waals surface area (Å²) in [4.78, 5) is 13.7. The molecule has 0 amide bonds. The number of nitrogens with zero attached hydrogens (tertiary/aromatic N) is 2. The molecule has 0 aliphatic carbocycles. The van der Waals surface area contributed by atoms with Crippen molar-refractivity contribution in [2.45, 2.75) is 28.0 Å². The number of rotatable bonds is 7. The molecule has 0 heterocycles. The van der Waals surface area contributed by atoms with Crippen molar-refractivity contribution >= 4 is 33.2 Å². The number of hydrogen-bond acceptors (Lipinski definition) is 6. The summed E-state index contributed by atoms with van der Waals surface area (Å²) in [7, 11) is -2.48. The van der Waals surface area contributed by atoms with Crippen LogP contribution in [0.25, 0.3) is 0 Å². The van der Waals surface area contributed by atoms with E-state index in [4.69, 9.17) is 5.14 Å². The lowest BCUT2D eigenvalue weighted by Crippen LogP contribution is -2.24. The van der Waals surface area contributed by atoms with Gasteiger partial charge < -0.3 is 4.90 Å². The molecule has 2 aromatic carbocycles. The zero-order valence-corrected chi connectivity index (χ0v) is 15.5. The summed E-state index contributed by atoms with van der Waals surface area (Å²) in [5.74, 6) is 0. The number of hydrogen-bond donors (Lipinski definition) is 1. The molecule has 25 heavy (non-hydrogen) atoms. The number of nitro groups is 1. The van der Waals surface area contributed by atoms with Crippen LogP contribution in [-0.2, 0) is 10.0 Å². The molecule has 0 bridgehead atoms. The highest BCUT2D eigenvalue weighted by molar-refractivity contribution is 7.99. The van der Waals surface area contributed by atoms with Crippen molar-refractivity contribution in [3.05, 3.63) is 52.6 Å². The first kappa shape index (κ1) is 19.2. The van der Waals surface area contributed by atoms with E-state index in [0.717, 1.165) is 4.90 Å². The Morgan fingerprint density at radius 1 is 1.20 bits per heavy atom. The van der Waals surface area contributed by atoms with Gasteiger partial charge in [0.1, 0.15) is 10.6 Å². The van der Waals surface area contributed by atoms with Gasteiger partial charge in [-0.3, -0.25) is 10.1 Å². The molecule has 0 radical (unpaired) electrons. The van der Waals surface area contributed by atoms with Crippen LogP contribution in [0.15, 0.2) is 57.2 Å². The van der Waals surface area contributed by atoms with Crippen LogP contribution in [0.3, 0.4) is 0 Å². The molecule has 0 saturated carbocycles. The quantitative estimate of drug-likeness (QED) is 0.583. The van der Waals surface area contributed by atoms with E-state index in [1.165, 1.54) is 23.9 Å². The van der Waals surface area contributed by atoms with Gasteiger partial charge in [0, 0.05) is 18.5 Å². The van der Waals surface area contributed by atoms with Crippen LogP contribution in [0.2, 0.25) is 0 Å². The van der Waals surface area contributed by atoms with Crippen LogP contribution in [0, 0.1) is 10.1 Å². The summed E-state index contributed by atoms with van der Waals surface area (Å²) in [6.07, 6.45) is 0.702. The Hall–Kier alpha value is -2.10. The predicted octanol–water partition coefficient (Wildman–Crippen LogP) is 3.24. The molecule has 0 fully saturated rings. The van der Waals surface area contributed by atoms with E-state index in [1.807, 2.05) is 37.3 Å². The van der Waals surface area contributed by atoms with Crippen LogP contribution in [-0.4, -0.2) is 26.9 Å². The van der Waals surface area contributed by atoms with E-state index in [0.29, 0.717) is 17.9 Å². The molecule has 7 nitrogen and oxygen atoms in total. The third-order valence-electron chi connectivity index (χ3n) is 3.48. The van der Waals surface area contributed by atoms with Gasteiger partial charge in [0.25, 0.3) is 0 Å². The van der Waals surface area contributed by atoms with Crippen LogP contribution < -0.4 is 10.0 Å². The molecule has 0 aliphatic rings. The van der Waals surface area contributed by atoms with Gasteiger partial charge >= 0.3 is 5.69 Å². The van der Waals surface area contributed by atoms with E-state index < -0.39 is 14.9 Å². The lowest BCUT2D eigenvalue weighted by Gasteiger charge is -2.22. The monoisotopic (exact) mass is 381 g/mol. The van der Waals surface area contributed by atoms with Crippen molar-refractivity contribution < 1.29 is 13.3 Å². The van der Waals surface area contributed by atoms with Crippen LogP contribution in [0.1, 0.15) is 13.3 Å². The number of anilines is 1. The minimum absolute atomic E-state index is 0.0234. The van der Waals surface area contributed by atoms with Crippen LogP contribution in [0.5, 0.6) is 0 Å². The zero-order chi connectivity index (χ0) is 18.6. The molecule has 0 aliphatic heterocycles. The van der Waals surface area contributed by atoms with Crippen molar-refractivity contribution in [1.82, 2.24) is 0 Å². The third-order valence-corrected chi connectivity index (χ3v) is 5.48. The first-order valence-electron chi connectivity index (χ1n) is 7.54. The predicted molar refractivity (Wildman–Crippen MR) is 98.6 cm³/mol. The van der Waals surface area contributed by atoms with Gasteiger partial charge in [-0.2, -0.15) is 0 Å². The van der Waals surface area contributed by atoms with E-state index >= 15 is 0 Å². The Bertz CT molecular complexity index is 870. The van der Waals surface area contributed by atoms with E-state index in [-0.39, 0.29) is 16.3 Å². The van der Waals surface area contributed by atoms with Gasteiger partial charge in [-0.05, 0) is 30.7 Å². The summed E-state index contributed by atoms with van der Waals surface area (Å²) in [6.45, 7) is 2.37. The van der Waals surface area contributed by atoms with E-state index in [2.05, 4.69) is 0 Å². The first-order chi connectivity index (χ1) is 11.8. The summed E-state index contributed by atoms with van der Waals surface area (Å²) >= 11 is 1.21. The highest BCUT2D eigenvalue weighted by atomic mass is 32.2. The molecule has 0 atom stereocenters. The number of benzene rings is 2. The Balaban J connectivity index is 2.70. The summed E-state index contributed by atoms with van der Waals surface area (Å²) in [5.41, 5.74) is -0.230. The molecular weight excluding hydrogens is 362 g/mol. The first-order valence-corrected chi connectivity index (χ1v) is 9.90. The molecule has 2 rings (SSSR count). The Morgan fingerprint density at radius 2 is 1.84 bits per heavy atom. The number of primary sulfonamides is 1. The third kappa shape index (κ3) is 4.50. The summed E-state index contributed by atoms with van der Waals surface area (Å²) in [6, 6.07) is 11.9.